The van der Waals surface area contributed by atoms with Crippen molar-refractivity contribution in [2.24, 2.45) is 0 Å². The predicted molar refractivity (Wildman–Crippen MR) is 101 cm³/mol. The summed E-state index contributed by atoms with van der Waals surface area (Å²) in [6.45, 7) is 5.54. The number of hydrogen-bond donors (Lipinski definition) is 1. The summed E-state index contributed by atoms with van der Waals surface area (Å²) in [5.74, 6) is -0.0319. The molecule has 6 nitrogen and oxygen atoms in total. The SMILES string of the molecule is CC(=O)NCc1cc2n(n1)CCN(Cc1nc(-c3ccccc3)cs1)C2. The Morgan fingerprint density at radius 2 is 2.12 bits per heavy atom. The van der Waals surface area contributed by atoms with Gasteiger partial charge in [0.05, 0.1) is 36.7 Å². The van der Waals surface area contributed by atoms with E-state index in [2.05, 4.69) is 38.9 Å². The molecule has 1 N–H and O–H groups in total. The molecular formula is C19H21N5OS. The zero-order chi connectivity index (χ0) is 17.9. The van der Waals surface area contributed by atoms with Gasteiger partial charge in [0.15, 0.2) is 0 Å². The molecule has 7 heteroatoms. The van der Waals surface area contributed by atoms with Crippen molar-refractivity contribution < 1.29 is 4.79 Å². The Bertz CT molecular complexity index is 902. The minimum absolute atomic E-state index is 0.0319. The molecule has 1 aromatic carbocycles. The van der Waals surface area contributed by atoms with E-state index in [1.54, 1.807) is 11.3 Å². The van der Waals surface area contributed by atoms with Crippen molar-refractivity contribution in [3.63, 3.8) is 0 Å². The van der Waals surface area contributed by atoms with Gasteiger partial charge in [-0.3, -0.25) is 14.4 Å². The van der Waals surface area contributed by atoms with Gasteiger partial charge in [0, 0.05) is 31.0 Å². The fourth-order valence-electron chi connectivity index (χ4n) is 3.13. The van der Waals surface area contributed by atoms with Crippen molar-refractivity contribution in [1.29, 1.82) is 0 Å². The van der Waals surface area contributed by atoms with Crippen LogP contribution in [-0.4, -0.2) is 32.1 Å². The molecule has 1 aliphatic rings. The lowest BCUT2D eigenvalue weighted by atomic mass is 10.2. The smallest absolute Gasteiger partial charge is 0.217 e. The molecule has 134 valence electrons. The second-order valence-electron chi connectivity index (χ2n) is 6.46. The Kier molecular flexibility index (Phi) is 4.81. The topological polar surface area (TPSA) is 63.1 Å². The lowest BCUT2D eigenvalue weighted by molar-refractivity contribution is -0.119. The third-order valence-electron chi connectivity index (χ3n) is 4.43. The van der Waals surface area contributed by atoms with Gasteiger partial charge < -0.3 is 5.32 Å². The van der Waals surface area contributed by atoms with Crippen molar-refractivity contribution >= 4 is 17.2 Å². The number of carbonyl (C=O) groups excluding carboxylic acids is 1. The third-order valence-corrected chi connectivity index (χ3v) is 5.26. The number of carbonyl (C=O) groups is 1. The van der Waals surface area contributed by atoms with Gasteiger partial charge in [0.25, 0.3) is 0 Å². The van der Waals surface area contributed by atoms with Crippen LogP contribution < -0.4 is 5.32 Å². The average molecular weight is 367 g/mol. The third kappa shape index (κ3) is 3.84. The van der Waals surface area contributed by atoms with E-state index < -0.39 is 0 Å². The Hall–Kier alpha value is -2.51. The molecule has 0 fully saturated rings. The van der Waals surface area contributed by atoms with E-state index >= 15 is 0 Å². The highest BCUT2D eigenvalue weighted by Gasteiger charge is 2.19. The largest absolute Gasteiger partial charge is 0.351 e. The Labute approximate surface area is 156 Å². The van der Waals surface area contributed by atoms with E-state index in [0.717, 1.165) is 48.1 Å². The molecule has 0 bridgehead atoms. The van der Waals surface area contributed by atoms with Crippen molar-refractivity contribution in [3.05, 3.63) is 58.2 Å². The fraction of sp³-hybridized carbons (Fsp3) is 0.316. The number of aromatic nitrogens is 3. The molecule has 4 rings (SSSR count). The first-order valence-electron chi connectivity index (χ1n) is 8.69. The molecule has 0 saturated carbocycles. The summed E-state index contributed by atoms with van der Waals surface area (Å²) in [6, 6.07) is 12.4. The minimum Gasteiger partial charge on any atom is -0.351 e. The number of benzene rings is 1. The summed E-state index contributed by atoms with van der Waals surface area (Å²) < 4.78 is 2.05. The first kappa shape index (κ1) is 16.9. The zero-order valence-electron chi connectivity index (χ0n) is 14.7. The fourth-order valence-corrected chi connectivity index (χ4v) is 3.98. The monoisotopic (exact) mass is 367 g/mol. The number of nitrogens with zero attached hydrogens (tertiary/aromatic N) is 4. The second-order valence-corrected chi connectivity index (χ2v) is 7.41. The van der Waals surface area contributed by atoms with Gasteiger partial charge in [-0.05, 0) is 6.07 Å². The van der Waals surface area contributed by atoms with E-state index in [4.69, 9.17) is 4.98 Å². The van der Waals surface area contributed by atoms with Crippen LogP contribution in [0.3, 0.4) is 0 Å². The van der Waals surface area contributed by atoms with E-state index in [-0.39, 0.29) is 5.91 Å². The highest BCUT2D eigenvalue weighted by Crippen LogP contribution is 2.23. The summed E-state index contributed by atoms with van der Waals surface area (Å²) >= 11 is 1.71. The van der Waals surface area contributed by atoms with E-state index in [1.165, 1.54) is 12.6 Å². The average Bonchev–Trinajstić information content (AvgIpc) is 3.27. The van der Waals surface area contributed by atoms with Gasteiger partial charge in [0.1, 0.15) is 5.01 Å². The van der Waals surface area contributed by atoms with Gasteiger partial charge in [-0.25, -0.2) is 4.98 Å². The van der Waals surface area contributed by atoms with Gasteiger partial charge in [-0.1, -0.05) is 30.3 Å². The molecule has 0 atom stereocenters. The van der Waals surface area contributed by atoms with Crippen LogP contribution >= 0.6 is 11.3 Å². The highest BCUT2D eigenvalue weighted by atomic mass is 32.1. The van der Waals surface area contributed by atoms with Crippen LogP contribution in [0.2, 0.25) is 0 Å². The number of hydrogen-bond acceptors (Lipinski definition) is 5. The molecular weight excluding hydrogens is 346 g/mol. The maximum absolute atomic E-state index is 11.1. The summed E-state index contributed by atoms with van der Waals surface area (Å²) in [5, 5.41) is 10.6. The Morgan fingerprint density at radius 1 is 1.27 bits per heavy atom. The van der Waals surface area contributed by atoms with Crippen molar-refractivity contribution in [3.8, 4) is 11.3 Å². The maximum atomic E-state index is 11.1. The first-order valence-corrected chi connectivity index (χ1v) is 9.57. The van der Waals surface area contributed by atoms with Crippen LogP contribution in [0.5, 0.6) is 0 Å². The van der Waals surface area contributed by atoms with Gasteiger partial charge in [-0.2, -0.15) is 5.10 Å². The number of thiazole rings is 1. The molecule has 0 spiro atoms. The van der Waals surface area contributed by atoms with Crippen molar-refractivity contribution in [2.75, 3.05) is 6.54 Å². The van der Waals surface area contributed by atoms with Crippen LogP contribution in [0.1, 0.15) is 23.3 Å². The lowest BCUT2D eigenvalue weighted by Crippen LogP contribution is -2.33. The van der Waals surface area contributed by atoms with Crippen LogP contribution in [-0.2, 0) is 31.0 Å². The summed E-state index contributed by atoms with van der Waals surface area (Å²) in [5.41, 5.74) is 4.31. The quantitative estimate of drug-likeness (QED) is 0.753. The molecule has 0 saturated heterocycles. The molecule has 1 amide bonds. The number of rotatable bonds is 5. The second kappa shape index (κ2) is 7.39. The van der Waals surface area contributed by atoms with Crippen molar-refractivity contribution in [2.45, 2.75) is 33.1 Å². The van der Waals surface area contributed by atoms with Crippen LogP contribution in [0, 0.1) is 0 Å². The lowest BCUT2D eigenvalue weighted by Gasteiger charge is -2.26. The molecule has 2 aromatic heterocycles. The molecule has 26 heavy (non-hydrogen) atoms. The van der Waals surface area contributed by atoms with Gasteiger partial charge >= 0.3 is 0 Å². The minimum atomic E-state index is -0.0319. The van der Waals surface area contributed by atoms with Crippen molar-refractivity contribution in [1.82, 2.24) is 25.0 Å². The van der Waals surface area contributed by atoms with E-state index in [1.807, 2.05) is 22.9 Å². The normalized spacial score (nSPS) is 14.2. The molecule has 3 aromatic rings. The predicted octanol–water partition coefficient (Wildman–Crippen LogP) is 2.66. The first-order chi connectivity index (χ1) is 12.7. The summed E-state index contributed by atoms with van der Waals surface area (Å²) in [4.78, 5) is 18.2. The molecule has 3 heterocycles. The Balaban J connectivity index is 1.40. The van der Waals surface area contributed by atoms with Gasteiger partial charge in [-0.15, -0.1) is 11.3 Å². The molecule has 0 aliphatic carbocycles. The Morgan fingerprint density at radius 3 is 2.92 bits per heavy atom. The standard InChI is InChI=1S/C19H21N5OS/c1-14(25)20-10-16-9-17-11-23(7-8-24(17)22-16)12-19-21-18(13-26-19)15-5-3-2-4-6-15/h2-6,9,13H,7-8,10-12H2,1H3,(H,20,25). The summed E-state index contributed by atoms with van der Waals surface area (Å²) in [6.07, 6.45) is 0. The van der Waals surface area contributed by atoms with Crippen LogP contribution in [0.15, 0.2) is 41.8 Å². The summed E-state index contributed by atoms with van der Waals surface area (Å²) in [7, 11) is 0. The number of fused-ring (bicyclic) bond motifs is 1. The highest BCUT2D eigenvalue weighted by molar-refractivity contribution is 7.09. The van der Waals surface area contributed by atoms with E-state index in [9.17, 15) is 4.79 Å². The molecule has 0 unspecified atom stereocenters. The molecule has 0 radical (unpaired) electrons. The van der Waals surface area contributed by atoms with Crippen LogP contribution in [0.25, 0.3) is 11.3 Å². The van der Waals surface area contributed by atoms with E-state index in [0.29, 0.717) is 6.54 Å². The maximum Gasteiger partial charge on any atom is 0.217 e. The molecule has 1 aliphatic heterocycles. The number of nitrogens with one attached hydrogen (secondary N) is 1. The van der Waals surface area contributed by atoms with Crippen LogP contribution in [0.4, 0.5) is 0 Å². The zero-order valence-corrected chi connectivity index (χ0v) is 15.5. The van der Waals surface area contributed by atoms with Gasteiger partial charge in [0.2, 0.25) is 5.91 Å². The number of amides is 1.